The van der Waals surface area contributed by atoms with Crippen LogP contribution in [0.1, 0.15) is 44.7 Å². The maximum absolute atomic E-state index is 13.7. The molecule has 0 bridgehead atoms. The van der Waals surface area contributed by atoms with Crippen molar-refractivity contribution in [2.24, 2.45) is 0 Å². The van der Waals surface area contributed by atoms with Gasteiger partial charge in [-0.3, -0.25) is 0 Å². The zero-order valence-corrected chi connectivity index (χ0v) is 11.5. The molecule has 2 rings (SSSR count). The summed E-state index contributed by atoms with van der Waals surface area (Å²) >= 11 is 0. The standard InChI is InChI=1S/C15H22F2N2/c1-10(9-12-5-4-8-18-12)19-11(2)15-13(16)6-3-7-14(15)17/h3,6-7,10-12,18-19H,4-5,8-9H2,1-2H3. The van der Waals surface area contributed by atoms with Crippen LogP contribution in [0.15, 0.2) is 18.2 Å². The molecule has 1 fully saturated rings. The van der Waals surface area contributed by atoms with Crippen LogP contribution in [0.3, 0.4) is 0 Å². The quantitative estimate of drug-likeness (QED) is 0.857. The van der Waals surface area contributed by atoms with E-state index in [1.807, 2.05) is 0 Å². The maximum Gasteiger partial charge on any atom is 0.130 e. The van der Waals surface area contributed by atoms with E-state index < -0.39 is 11.6 Å². The molecule has 19 heavy (non-hydrogen) atoms. The number of halogens is 2. The van der Waals surface area contributed by atoms with Gasteiger partial charge in [0, 0.05) is 23.7 Å². The zero-order valence-electron chi connectivity index (χ0n) is 11.5. The van der Waals surface area contributed by atoms with Gasteiger partial charge < -0.3 is 10.6 Å². The number of benzene rings is 1. The van der Waals surface area contributed by atoms with Crippen LogP contribution < -0.4 is 10.6 Å². The van der Waals surface area contributed by atoms with Crippen molar-refractivity contribution in [2.45, 2.75) is 51.2 Å². The van der Waals surface area contributed by atoms with Gasteiger partial charge in [0.2, 0.25) is 0 Å². The minimum Gasteiger partial charge on any atom is -0.314 e. The lowest BCUT2D eigenvalue weighted by Crippen LogP contribution is -2.35. The number of hydrogen-bond acceptors (Lipinski definition) is 2. The van der Waals surface area contributed by atoms with E-state index in [4.69, 9.17) is 0 Å². The molecular formula is C15H22F2N2. The maximum atomic E-state index is 13.7. The Morgan fingerprint density at radius 2 is 2.00 bits per heavy atom. The summed E-state index contributed by atoms with van der Waals surface area (Å²) in [7, 11) is 0. The van der Waals surface area contributed by atoms with Crippen LogP contribution in [0.4, 0.5) is 8.78 Å². The van der Waals surface area contributed by atoms with E-state index in [0.29, 0.717) is 6.04 Å². The molecule has 1 aromatic rings. The van der Waals surface area contributed by atoms with Crippen molar-refractivity contribution in [3.05, 3.63) is 35.4 Å². The monoisotopic (exact) mass is 268 g/mol. The van der Waals surface area contributed by atoms with Crippen LogP contribution in [-0.2, 0) is 0 Å². The molecule has 0 saturated carbocycles. The Bertz CT molecular complexity index is 396. The predicted octanol–water partition coefficient (Wildman–Crippen LogP) is 3.15. The molecule has 0 aliphatic carbocycles. The Morgan fingerprint density at radius 1 is 1.32 bits per heavy atom. The molecule has 0 amide bonds. The van der Waals surface area contributed by atoms with Crippen LogP contribution >= 0.6 is 0 Å². The summed E-state index contributed by atoms with van der Waals surface area (Å²) in [6.45, 7) is 4.95. The van der Waals surface area contributed by atoms with E-state index in [1.54, 1.807) is 6.92 Å². The van der Waals surface area contributed by atoms with E-state index in [1.165, 1.54) is 31.0 Å². The molecule has 1 aliphatic heterocycles. The summed E-state index contributed by atoms with van der Waals surface area (Å²) in [5.74, 6) is -0.961. The van der Waals surface area contributed by atoms with Gasteiger partial charge >= 0.3 is 0 Å². The SMILES string of the molecule is CC(CC1CCCN1)NC(C)c1c(F)cccc1F. The molecule has 3 atom stereocenters. The largest absolute Gasteiger partial charge is 0.314 e. The normalized spacial score (nSPS) is 22.4. The van der Waals surface area contributed by atoms with Gasteiger partial charge in [-0.25, -0.2) is 8.78 Å². The fourth-order valence-corrected chi connectivity index (χ4v) is 2.89. The average Bonchev–Trinajstić information content (AvgIpc) is 2.81. The van der Waals surface area contributed by atoms with Crippen LogP contribution in [0.5, 0.6) is 0 Å². The Kier molecular flexibility index (Phi) is 4.88. The molecule has 106 valence electrons. The van der Waals surface area contributed by atoms with Crippen molar-refractivity contribution in [3.8, 4) is 0 Å². The molecule has 2 N–H and O–H groups in total. The van der Waals surface area contributed by atoms with Crippen molar-refractivity contribution in [1.29, 1.82) is 0 Å². The summed E-state index contributed by atoms with van der Waals surface area (Å²) in [5, 5.41) is 6.72. The number of hydrogen-bond donors (Lipinski definition) is 2. The molecule has 0 radical (unpaired) electrons. The fraction of sp³-hybridized carbons (Fsp3) is 0.600. The summed E-state index contributed by atoms with van der Waals surface area (Å²) in [4.78, 5) is 0. The van der Waals surface area contributed by atoms with E-state index in [0.717, 1.165) is 13.0 Å². The molecule has 0 aromatic heterocycles. The lowest BCUT2D eigenvalue weighted by molar-refractivity contribution is 0.393. The van der Waals surface area contributed by atoms with Crippen molar-refractivity contribution < 1.29 is 8.78 Å². The smallest absolute Gasteiger partial charge is 0.130 e. The van der Waals surface area contributed by atoms with E-state index >= 15 is 0 Å². The highest BCUT2D eigenvalue weighted by Crippen LogP contribution is 2.21. The van der Waals surface area contributed by atoms with Gasteiger partial charge in [0.25, 0.3) is 0 Å². The first kappa shape index (κ1) is 14.4. The molecule has 2 nitrogen and oxygen atoms in total. The molecule has 1 heterocycles. The molecule has 1 aliphatic rings. The van der Waals surface area contributed by atoms with Crippen LogP contribution in [-0.4, -0.2) is 18.6 Å². The first-order chi connectivity index (χ1) is 9.08. The Hall–Kier alpha value is -1.00. The highest BCUT2D eigenvalue weighted by Gasteiger charge is 2.21. The van der Waals surface area contributed by atoms with Gasteiger partial charge in [0.15, 0.2) is 0 Å². The zero-order chi connectivity index (χ0) is 13.8. The summed E-state index contributed by atoms with van der Waals surface area (Å²) in [6.07, 6.45) is 3.39. The van der Waals surface area contributed by atoms with Gasteiger partial charge in [0.1, 0.15) is 11.6 Å². The van der Waals surface area contributed by atoms with Crippen molar-refractivity contribution in [1.82, 2.24) is 10.6 Å². The molecule has 0 spiro atoms. The highest BCUT2D eigenvalue weighted by atomic mass is 19.1. The van der Waals surface area contributed by atoms with Gasteiger partial charge in [0.05, 0.1) is 0 Å². The number of nitrogens with one attached hydrogen (secondary N) is 2. The van der Waals surface area contributed by atoms with E-state index in [2.05, 4.69) is 17.6 Å². The van der Waals surface area contributed by atoms with Gasteiger partial charge in [-0.15, -0.1) is 0 Å². The summed E-state index contributed by atoms with van der Waals surface area (Å²) in [5.41, 5.74) is 0.133. The molecule has 4 heteroatoms. The van der Waals surface area contributed by atoms with Crippen LogP contribution in [0, 0.1) is 11.6 Å². The summed E-state index contributed by atoms with van der Waals surface area (Å²) < 4.78 is 27.3. The van der Waals surface area contributed by atoms with Crippen molar-refractivity contribution >= 4 is 0 Å². The van der Waals surface area contributed by atoms with E-state index in [9.17, 15) is 8.78 Å². The predicted molar refractivity (Wildman–Crippen MR) is 73.0 cm³/mol. The second-order valence-electron chi connectivity index (χ2n) is 5.45. The highest BCUT2D eigenvalue weighted by molar-refractivity contribution is 5.22. The van der Waals surface area contributed by atoms with Gasteiger partial charge in [-0.1, -0.05) is 6.07 Å². The third-order valence-electron chi connectivity index (χ3n) is 3.77. The van der Waals surface area contributed by atoms with E-state index in [-0.39, 0.29) is 17.6 Å². The Labute approximate surface area is 113 Å². The minimum absolute atomic E-state index is 0.133. The third kappa shape index (κ3) is 3.74. The topological polar surface area (TPSA) is 24.1 Å². The average molecular weight is 268 g/mol. The lowest BCUT2D eigenvalue weighted by Gasteiger charge is -2.23. The first-order valence-corrected chi connectivity index (χ1v) is 7.01. The first-order valence-electron chi connectivity index (χ1n) is 7.01. The lowest BCUT2D eigenvalue weighted by atomic mass is 10.0. The molecule has 1 saturated heterocycles. The van der Waals surface area contributed by atoms with Crippen LogP contribution in [0.2, 0.25) is 0 Å². The van der Waals surface area contributed by atoms with Crippen LogP contribution in [0.25, 0.3) is 0 Å². The molecular weight excluding hydrogens is 246 g/mol. The van der Waals surface area contributed by atoms with Crippen molar-refractivity contribution in [3.63, 3.8) is 0 Å². The van der Waals surface area contributed by atoms with Crippen molar-refractivity contribution in [2.75, 3.05) is 6.54 Å². The summed E-state index contributed by atoms with van der Waals surface area (Å²) in [6, 6.07) is 4.44. The fourth-order valence-electron chi connectivity index (χ4n) is 2.89. The van der Waals surface area contributed by atoms with Gasteiger partial charge in [-0.2, -0.15) is 0 Å². The van der Waals surface area contributed by atoms with Gasteiger partial charge in [-0.05, 0) is 51.8 Å². The third-order valence-corrected chi connectivity index (χ3v) is 3.77. The molecule has 1 aromatic carbocycles. The number of rotatable bonds is 5. The minimum atomic E-state index is -0.480. The Balaban J connectivity index is 1.94. The Morgan fingerprint density at radius 3 is 2.58 bits per heavy atom. The second kappa shape index (κ2) is 6.44. The second-order valence-corrected chi connectivity index (χ2v) is 5.45. The molecule has 3 unspecified atom stereocenters.